The van der Waals surface area contributed by atoms with Crippen molar-refractivity contribution in [1.29, 1.82) is 0 Å². The number of thioether (sulfide) groups is 1. The number of ether oxygens (including phenoxy) is 1. The number of hydrogen-bond acceptors (Lipinski definition) is 3. The number of hydrogen-bond donors (Lipinski definition) is 1. The molecule has 0 spiro atoms. The molecule has 0 aliphatic carbocycles. The number of benzene rings is 2. The summed E-state index contributed by atoms with van der Waals surface area (Å²) < 4.78 is 30.3. The van der Waals surface area contributed by atoms with Crippen LogP contribution in [-0.4, -0.2) is 18.3 Å². The van der Waals surface area contributed by atoms with Gasteiger partial charge in [0.25, 0.3) is 11.7 Å². The highest BCUT2D eigenvalue weighted by atomic mass is 32.2. The van der Waals surface area contributed by atoms with Gasteiger partial charge in [-0.05, 0) is 31.2 Å². The van der Waals surface area contributed by atoms with Crippen LogP contribution < -0.4 is 10.1 Å². The van der Waals surface area contributed by atoms with Gasteiger partial charge in [-0.2, -0.15) is 8.78 Å². The standard InChI is InChI=1S/C16H15F2NO2S/c1-11-6-8-12(9-7-11)21-10-15(20)19-13-4-2-3-5-14(13)22-16(17)18/h2-9,16H,10H2,1H3,(H,19,20). The summed E-state index contributed by atoms with van der Waals surface area (Å²) in [5, 5.41) is 2.58. The van der Waals surface area contributed by atoms with Crippen molar-refractivity contribution in [3.05, 3.63) is 54.1 Å². The summed E-state index contributed by atoms with van der Waals surface area (Å²) in [6, 6.07) is 13.7. The number of carbonyl (C=O) groups is 1. The predicted molar refractivity (Wildman–Crippen MR) is 83.6 cm³/mol. The van der Waals surface area contributed by atoms with E-state index in [0.717, 1.165) is 5.56 Å². The van der Waals surface area contributed by atoms with Gasteiger partial charge >= 0.3 is 0 Å². The van der Waals surface area contributed by atoms with Crippen LogP contribution in [0.3, 0.4) is 0 Å². The summed E-state index contributed by atoms with van der Waals surface area (Å²) in [4.78, 5) is 12.2. The summed E-state index contributed by atoms with van der Waals surface area (Å²) in [5.41, 5.74) is 1.44. The maximum Gasteiger partial charge on any atom is 0.288 e. The highest BCUT2D eigenvalue weighted by Crippen LogP contribution is 2.31. The molecule has 3 nitrogen and oxygen atoms in total. The average Bonchev–Trinajstić information content (AvgIpc) is 2.48. The minimum Gasteiger partial charge on any atom is -0.484 e. The Morgan fingerprint density at radius 1 is 1.18 bits per heavy atom. The fraction of sp³-hybridized carbons (Fsp3) is 0.188. The minimum atomic E-state index is -2.54. The first-order chi connectivity index (χ1) is 10.5. The Morgan fingerprint density at radius 2 is 1.86 bits per heavy atom. The van der Waals surface area contributed by atoms with Crippen molar-refractivity contribution in [3.63, 3.8) is 0 Å². The molecular formula is C16H15F2NO2S. The summed E-state index contributed by atoms with van der Waals surface area (Å²) in [6.45, 7) is 1.77. The van der Waals surface area contributed by atoms with E-state index in [2.05, 4.69) is 5.32 Å². The van der Waals surface area contributed by atoms with Crippen LogP contribution >= 0.6 is 11.8 Å². The lowest BCUT2D eigenvalue weighted by molar-refractivity contribution is -0.118. The molecule has 0 aliphatic heterocycles. The first-order valence-electron chi connectivity index (χ1n) is 6.58. The molecule has 2 aromatic carbocycles. The molecule has 1 amide bonds. The molecule has 6 heteroatoms. The number of para-hydroxylation sites is 1. The normalized spacial score (nSPS) is 10.5. The molecule has 22 heavy (non-hydrogen) atoms. The summed E-state index contributed by atoms with van der Waals surface area (Å²) in [5.74, 6) is -2.36. The number of aryl methyl sites for hydroxylation is 1. The molecule has 0 bridgehead atoms. The maximum absolute atomic E-state index is 12.5. The molecule has 2 aromatic rings. The number of halogens is 2. The number of amides is 1. The lowest BCUT2D eigenvalue weighted by Gasteiger charge is -2.11. The second kappa shape index (κ2) is 7.79. The zero-order valence-electron chi connectivity index (χ0n) is 11.9. The summed E-state index contributed by atoms with van der Waals surface area (Å²) in [7, 11) is 0. The van der Waals surface area contributed by atoms with Crippen molar-refractivity contribution in [3.8, 4) is 5.75 Å². The van der Waals surface area contributed by atoms with Crippen LogP contribution in [0.25, 0.3) is 0 Å². The first-order valence-corrected chi connectivity index (χ1v) is 7.46. The molecule has 0 saturated carbocycles. The summed E-state index contributed by atoms with van der Waals surface area (Å²) in [6.07, 6.45) is 0. The van der Waals surface area contributed by atoms with E-state index in [9.17, 15) is 13.6 Å². The van der Waals surface area contributed by atoms with E-state index in [1.54, 1.807) is 30.3 Å². The number of anilines is 1. The topological polar surface area (TPSA) is 38.3 Å². The average molecular weight is 323 g/mol. The third kappa shape index (κ3) is 5.04. The fourth-order valence-electron chi connectivity index (χ4n) is 1.74. The molecule has 2 rings (SSSR count). The van der Waals surface area contributed by atoms with E-state index in [1.165, 1.54) is 6.07 Å². The van der Waals surface area contributed by atoms with Crippen molar-refractivity contribution in [2.75, 3.05) is 11.9 Å². The Balaban J connectivity index is 1.93. The van der Waals surface area contributed by atoms with Crippen LogP contribution in [-0.2, 0) is 4.79 Å². The SMILES string of the molecule is Cc1ccc(OCC(=O)Nc2ccccc2SC(F)F)cc1. The van der Waals surface area contributed by atoms with Gasteiger partial charge < -0.3 is 10.1 Å². The quantitative estimate of drug-likeness (QED) is 0.804. The van der Waals surface area contributed by atoms with Gasteiger partial charge in [-0.1, -0.05) is 41.6 Å². The van der Waals surface area contributed by atoms with Gasteiger partial charge in [-0.25, -0.2) is 0 Å². The Hall–Kier alpha value is -2.08. The summed E-state index contributed by atoms with van der Waals surface area (Å²) >= 11 is 0.394. The number of carbonyl (C=O) groups excluding carboxylic acids is 1. The van der Waals surface area contributed by atoms with Crippen LogP contribution in [0.15, 0.2) is 53.4 Å². The lowest BCUT2D eigenvalue weighted by Crippen LogP contribution is -2.20. The third-order valence-corrected chi connectivity index (χ3v) is 3.56. The van der Waals surface area contributed by atoms with E-state index in [1.807, 2.05) is 19.1 Å². The van der Waals surface area contributed by atoms with Crippen molar-refractivity contribution in [1.82, 2.24) is 0 Å². The minimum absolute atomic E-state index is 0.184. The van der Waals surface area contributed by atoms with Gasteiger partial charge in [-0.15, -0.1) is 0 Å². The van der Waals surface area contributed by atoms with Crippen LogP contribution in [0.5, 0.6) is 5.75 Å². The van der Waals surface area contributed by atoms with Gasteiger partial charge in [-0.3, -0.25) is 4.79 Å². The van der Waals surface area contributed by atoms with Gasteiger partial charge in [0.1, 0.15) is 5.75 Å². The molecule has 0 heterocycles. The zero-order valence-corrected chi connectivity index (χ0v) is 12.7. The largest absolute Gasteiger partial charge is 0.484 e. The van der Waals surface area contributed by atoms with Gasteiger partial charge in [0.05, 0.1) is 5.69 Å². The smallest absolute Gasteiger partial charge is 0.288 e. The van der Waals surface area contributed by atoms with E-state index in [-0.39, 0.29) is 6.61 Å². The predicted octanol–water partition coefficient (Wildman–Crippen LogP) is 4.33. The molecule has 116 valence electrons. The fourth-order valence-corrected chi connectivity index (χ4v) is 2.33. The highest BCUT2D eigenvalue weighted by molar-refractivity contribution is 7.99. The van der Waals surface area contributed by atoms with Crippen molar-refractivity contribution in [2.24, 2.45) is 0 Å². The third-order valence-electron chi connectivity index (χ3n) is 2.77. The zero-order chi connectivity index (χ0) is 15.9. The lowest BCUT2D eigenvalue weighted by atomic mass is 10.2. The van der Waals surface area contributed by atoms with Crippen LogP contribution in [0.2, 0.25) is 0 Å². The Morgan fingerprint density at radius 3 is 2.55 bits per heavy atom. The number of nitrogens with one attached hydrogen (secondary N) is 1. The second-order valence-electron chi connectivity index (χ2n) is 4.52. The molecule has 0 saturated heterocycles. The Bertz CT molecular complexity index is 632. The Kier molecular flexibility index (Phi) is 5.77. The van der Waals surface area contributed by atoms with E-state index >= 15 is 0 Å². The van der Waals surface area contributed by atoms with Crippen molar-refractivity contribution < 1.29 is 18.3 Å². The molecule has 0 radical (unpaired) electrons. The monoisotopic (exact) mass is 323 g/mol. The van der Waals surface area contributed by atoms with Crippen LogP contribution in [0, 0.1) is 6.92 Å². The molecular weight excluding hydrogens is 308 g/mol. The van der Waals surface area contributed by atoms with E-state index < -0.39 is 11.7 Å². The van der Waals surface area contributed by atoms with E-state index in [4.69, 9.17) is 4.74 Å². The van der Waals surface area contributed by atoms with Crippen molar-refractivity contribution in [2.45, 2.75) is 17.6 Å². The molecule has 0 aliphatic rings. The van der Waals surface area contributed by atoms with Crippen LogP contribution in [0.1, 0.15) is 5.56 Å². The Labute approximate surface area is 131 Å². The number of alkyl halides is 2. The van der Waals surface area contributed by atoms with Gasteiger partial charge in [0.2, 0.25) is 0 Å². The highest BCUT2D eigenvalue weighted by Gasteiger charge is 2.12. The molecule has 0 unspecified atom stereocenters. The molecule has 0 aromatic heterocycles. The van der Waals surface area contributed by atoms with Gasteiger partial charge in [0, 0.05) is 4.90 Å². The van der Waals surface area contributed by atoms with E-state index in [0.29, 0.717) is 28.1 Å². The van der Waals surface area contributed by atoms with Crippen LogP contribution in [0.4, 0.5) is 14.5 Å². The van der Waals surface area contributed by atoms with Crippen molar-refractivity contribution >= 4 is 23.4 Å². The molecule has 1 N–H and O–H groups in total. The second-order valence-corrected chi connectivity index (χ2v) is 5.56. The molecule has 0 atom stereocenters. The number of rotatable bonds is 6. The maximum atomic E-state index is 12.5. The van der Waals surface area contributed by atoms with Gasteiger partial charge in [0.15, 0.2) is 6.61 Å². The first kappa shape index (κ1) is 16.3. The molecule has 0 fully saturated rings.